The van der Waals surface area contributed by atoms with Crippen LogP contribution in [0.5, 0.6) is 0 Å². The molecule has 0 aliphatic carbocycles. The standard InChI is InChI=1S/C6H10Cl2O/c1-4(2)6(8)5(9)3-7/h4,6H,3H2,1-2H3. The van der Waals surface area contributed by atoms with Crippen LogP contribution in [-0.2, 0) is 4.79 Å². The zero-order valence-corrected chi connectivity index (χ0v) is 7.04. The van der Waals surface area contributed by atoms with Crippen molar-refractivity contribution in [1.29, 1.82) is 0 Å². The Morgan fingerprint density at radius 3 is 2.11 bits per heavy atom. The number of Topliss-reactive ketones (excluding diaryl/α,β-unsaturated/α-hetero) is 1. The first kappa shape index (κ1) is 9.25. The summed E-state index contributed by atoms with van der Waals surface area (Å²) in [7, 11) is 0. The molecule has 9 heavy (non-hydrogen) atoms. The minimum absolute atomic E-state index is 0.0202. The van der Waals surface area contributed by atoms with Crippen molar-refractivity contribution < 1.29 is 4.79 Å². The highest BCUT2D eigenvalue weighted by Crippen LogP contribution is 2.10. The summed E-state index contributed by atoms with van der Waals surface area (Å²) in [4.78, 5) is 10.7. The molecule has 3 heteroatoms. The maximum Gasteiger partial charge on any atom is 0.165 e. The first-order chi connectivity index (χ1) is 4.09. The van der Waals surface area contributed by atoms with Gasteiger partial charge in [0.2, 0.25) is 0 Å². The molecular formula is C6H10Cl2O. The number of ketones is 1. The van der Waals surface area contributed by atoms with E-state index in [0.29, 0.717) is 0 Å². The van der Waals surface area contributed by atoms with Crippen molar-refractivity contribution in [2.75, 3.05) is 5.88 Å². The van der Waals surface area contributed by atoms with Crippen molar-refractivity contribution >= 4 is 29.0 Å². The zero-order chi connectivity index (χ0) is 7.44. The van der Waals surface area contributed by atoms with E-state index in [-0.39, 0.29) is 17.6 Å². The topological polar surface area (TPSA) is 17.1 Å². The van der Waals surface area contributed by atoms with Crippen LogP contribution in [0.2, 0.25) is 0 Å². The molecule has 1 unspecified atom stereocenters. The summed E-state index contributed by atoms with van der Waals surface area (Å²) in [5.41, 5.74) is 0. The molecule has 0 N–H and O–H groups in total. The number of alkyl halides is 2. The first-order valence-corrected chi connectivity index (χ1v) is 3.79. The van der Waals surface area contributed by atoms with Crippen molar-refractivity contribution in [2.24, 2.45) is 5.92 Å². The predicted molar refractivity (Wildman–Crippen MR) is 40.2 cm³/mol. The van der Waals surface area contributed by atoms with Crippen LogP contribution in [0.1, 0.15) is 13.8 Å². The zero-order valence-electron chi connectivity index (χ0n) is 5.53. The van der Waals surface area contributed by atoms with Crippen molar-refractivity contribution in [3.63, 3.8) is 0 Å². The van der Waals surface area contributed by atoms with Crippen LogP contribution < -0.4 is 0 Å². The maximum atomic E-state index is 10.7. The highest BCUT2D eigenvalue weighted by Gasteiger charge is 2.16. The summed E-state index contributed by atoms with van der Waals surface area (Å²) in [5, 5.41) is -0.414. The highest BCUT2D eigenvalue weighted by molar-refractivity contribution is 6.38. The molecule has 0 radical (unpaired) electrons. The fourth-order valence-corrected chi connectivity index (χ4v) is 0.768. The van der Waals surface area contributed by atoms with Gasteiger partial charge in [0.25, 0.3) is 0 Å². The lowest BCUT2D eigenvalue weighted by molar-refractivity contribution is -0.117. The molecule has 0 heterocycles. The Hall–Kier alpha value is 0.250. The van der Waals surface area contributed by atoms with Gasteiger partial charge in [-0.05, 0) is 5.92 Å². The summed E-state index contributed by atoms with van der Waals surface area (Å²) < 4.78 is 0. The first-order valence-electron chi connectivity index (χ1n) is 2.82. The Morgan fingerprint density at radius 1 is 1.56 bits per heavy atom. The van der Waals surface area contributed by atoms with Crippen molar-refractivity contribution in [1.82, 2.24) is 0 Å². The second kappa shape index (κ2) is 4.13. The van der Waals surface area contributed by atoms with E-state index in [1.807, 2.05) is 13.8 Å². The molecule has 0 aromatic rings. The van der Waals surface area contributed by atoms with Gasteiger partial charge in [0.1, 0.15) is 0 Å². The van der Waals surface area contributed by atoms with Gasteiger partial charge in [-0.15, -0.1) is 23.2 Å². The third kappa shape index (κ3) is 3.07. The summed E-state index contributed by atoms with van der Waals surface area (Å²) in [6.07, 6.45) is 0. The lowest BCUT2D eigenvalue weighted by Crippen LogP contribution is -2.21. The van der Waals surface area contributed by atoms with E-state index in [1.165, 1.54) is 0 Å². The van der Waals surface area contributed by atoms with E-state index in [2.05, 4.69) is 0 Å². The molecular weight excluding hydrogens is 159 g/mol. The fraction of sp³-hybridized carbons (Fsp3) is 0.833. The number of halogens is 2. The molecule has 0 saturated heterocycles. The van der Waals surface area contributed by atoms with Crippen LogP contribution in [0.3, 0.4) is 0 Å². The molecule has 54 valence electrons. The van der Waals surface area contributed by atoms with Gasteiger partial charge in [-0.2, -0.15) is 0 Å². The van der Waals surface area contributed by atoms with E-state index in [4.69, 9.17) is 23.2 Å². The number of hydrogen-bond acceptors (Lipinski definition) is 1. The average Bonchev–Trinajstić information content (AvgIpc) is 1.84. The molecule has 0 aromatic carbocycles. The largest absolute Gasteiger partial charge is 0.297 e. The third-order valence-corrected chi connectivity index (χ3v) is 2.04. The number of rotatable bonds is 3. The van der Waals surface area contributed by atoms with Crippen LogP contribution in [0.4, 0.5) is 0 Å². The van der Waals surface area contributed by atoms with E-state index < -0.39 is 5.38 Å². The van der Waals surface area contributed by atoms with Crippen molar-refractivity contribution in [2.45, 2.75) is 19.2 Å². The number of carbonyl (C=O) groups is 1. The molecule has 0 bridgehead atoms. The Morgan fingerprint density at radius 2 is 2.00 bits per heavy atom. The molecule has 0 amide bonds. The molecule has 0 aliphatic rings. The average molecular weight is 169 g/mol. The minimum Gasteiger partial charge on any atom is -0.297 e. The van der Waals surface area contributed by atoms with Gasteiger partial charge in [-0.1, -0.05) is 13.8 Å². The van der Waals surface area contributed by atoms with Gasteiger partial charge >= 0.3 is 0 Å². The van der Waals surface area contributed by atoms with E-state index >= 15 is 0 Å². The van der Waals surface area contributed by atoms with Crippen LogP contribution >= 0.6 is 23.2 Å². The lowest BCUT2D eigenvalue weighted by Gasteiger charge is -2.08. The molecule has 0 aliphatic heterocycles. The van der Waals surface area contributed by atoms with Crippen molar-refractivity contribution in [3.8, 4) is 0 Å². The Kier molecular flexibility index (Phi) is 4.24. The molecule has 0 fully saturated rings. The second-order valence-corrected chi connectivity index (χ2v) is 2.98. The SMILES string of the molecule is CC(C)C(Cl)C(=O)CCl. The van der Waals surface area contributed by atoms with Crippen molar-refractivity contribution in [3.05, 3.63) is 0 Å². The lowest BCUT2D eigenvalue weighted by atomic mass is 10.1. The smallest absolute Gasteiger partial charge is 0.165 e. The van der Waals surface area contributed by atoms with E-state index in [9.17, 15) is 4.79 Å². The third-order valence-electron chi connectivity index (χ3n) is 1.02. The van der Waals surface area contributed by atoms with Gasteiger partial charge < -0.3 is 0 Å². The summed E-state index contributed by atoms with van der Waals surface area (Å²) >= 11 is 10.9. The van der Waals surface area contributed by atoms with E-state index in [1.54, 1.807) is 0 Å². The molecule has 1 nitrogen and oxygen atoms in total. The normalized spacial score (nSPS) is 13.9. The molecule has 0 rings (SSSR count). The maximum absolute atomic E-state index is 10.7. The quantitative estimate of drug-likeness (QED) is 0.591. The van der Waals surface area contributed by atoms with E-state index in [0.717, 1.165) is 0 Å². The van der Waals surface area contributed by atoms with Gasteiger partial charge in [0.15, 0.2) is 5.78 Å². The molecule has 0 aromatic heterocycles. The molecule has 0 spiro atoms. The summed E-state index contributed by atoms with van der Waals surface area (Å²) in [6.45, 7) is 3.78. The summed E-state index contributed by atoms with van der Waals surface area (Å²) in [6, 6.07) is 0. The second-order valence-electron chi connectivity index (χ2n) is 2.25. The fourth-order valence-electron chi connectivity index (χ4n) is 0.445. The van der Waals surface area contributed by atoms with Crippen LogP contribution in [-0.4, -0.2) is 17.0 Å². The number of hydrogen-bond donors (Lipinski definition) is 0. The van der Waals surface area contributed by atoms with Crippen LogP contribution in [0, 0.1) is 5.92 Å². The van der Waals surface area contributed by atoms with Crippen LogP contribution in [0.25, 0.3) is 0 Å². The minimum atomic E-state index is -0.414. The Balaban J connectivity index is 3.72. The molecule has 1 atom stereocenters. The molecule has 0 saturated carbocycles. The van der Waals surface area contributed by atoms with Gasteiger partial charge in [-0.3, -0.25) is 4.79 Å². The number of carbonyl (C=O) groups excluding carboxylic acids is 1. The summed E-state index contributed by atoms with van der Waals surface area (Å²) in [5.74, 6) is 0.109. The van der Waals surface area contributed by atoms with Gasteiger partial charge in [0.05, 0.1) is 11.3 Å². The van der Waals surface area contributed by atoms with Gasteiger partial charge in [0, 0.05) is 0 Å². The van der Waals surface area contributed by atoms with Crippen LogP contribution in [0.15, 0.2) is 0 Å². The predicted octanol–water partition coefficient (Wildman–Crippen LogP) is 2.06. The highest BCUT2D eigenvalue weighted by atomic mass is 35.5. The Labute approximate surface area is 65.3 Å². The van der Waals surface area contributed by atoms with Gasteiger partial charge in [-0.25, -0.2) is 0 Å². The Bertz CT molecular complexity index is 101. The monoisotopic (exact) mass is 168 g/mol.